The van der Waals surface area contributed by atoms with Crippen molar-refractivity contribution in [3.63, 3.8) is 0 Å². The summed E-state index contributed by atoms with van der Waals surface area (Å²) in [6.45, 7) is 1.48. The number of anilines is 1. The van der Waals surface area contributed by atoms with Crippen molar-refractivity contribution >= 4 is 34.2 Å². The van der Waals surface area contributed by atoms with Crippen molar-refractivity contribution in [2.75, 3.05) is 18.0 Å². The Morgan fingerprint density at radius 3 is 2.72 bits per heavy atom. The third kappa shape index (κ3) is 5.14. The first-order valence-electron chi connectivity index (χ1n) is 9.84. The second-order valence-corrected chi connectivity index (χ2v) is 8.34. The van der Waals surface area contributed by atoms with Crippen LogP contribution < -0.4 is 10.2 Å². The minimum atomic E-state index is -0.165. The number of rotatable bonds is 7. The van der Waals surface area contributed by atoms with Crippen LogP contribution >= 0.6 is 23.1 Å². The second-order valence-electron chi connectivity index (χ2n) is 7.17. The van der Waals surface area contributed by atoms with Crippen molar-refractivity contribution in [3.05, 3.63) is 76.6 Å². The van der Waals surface area contributed by atoms with E-state index in [0.717, 1.165) is 47.3 Å². The van der Waals surface area contributed by atoms with Gasteiger partial charge in [-0.3, -0.25) is 4.79 Å². The summed E-state index contributed by atoms with van der Waals surface area (Å²) in [7, 11) is 0. The zero-order valence-corrected chi connectivity index (χ0v) is 17.6. The predicted molar refractivity (Wildman–Crippen MR) is 118 cm³/mol. The van der Waals surface area contributed by atoms with Crippen molar-refractivity contribution < 1.29 is 4.79 Å². The molecule has 0 radical (unpaired) electrons. The van der Waals surface area contributed by atoms with Gasteiger partial charge in [-0.1, -0.05) is 54.1 Å². The number of nitrogens with zero attached hydrogens (tertiary/aromatic N) is 3. The fraction of sp³-hybridized carbons (Fsp3) is 0.318. The van der Waals surface area contributed by atoms with Crippen LogP contribution in [0, 0.1) is 0 Å². The highest BCUT2D eigenvalue weighted by molar-refractivity contribution is 7.09. The van der Waals surface area contributed by atoms with Gasteiger partial charge in [-0.2, -0.15) is 4.37 Å². The first kappa shape index (κ1) is 19.9. The van der Waals surface area contributed by atoms with Crippen molar-refractivity contribution in [1.82, 2.24) is 14.7 Å². The van der Waals surface area contributed by atoms with Gasteiger partial charge in [0.25, 0.3) is 0 Å². The van der Waals surface area contributed by atoms with Gasteiger partial charge < -0.3 is 10.2 Å². The van der Waals surface area contributed by atoms with Crippen molar-refractivity contribution in [3.8, 4) is 0 Å². The van der Waals surface area contributed by atoms with E-state index in [0.29, 0.717) is 13.0 Å². The van der Waals surface area contributed by atoms with Crippen LogP contribution in [0.25, 0.3) is 0 Å². The number of halogens is 1. The van der Waals surface area contributed by atoms with Gasteiger partial charge in [0.05, 0.1) is 0 Å². The molecule has 1 amide bonds. The van der Waals surface area contributed by atoms with E-state index in [9.17, 15) is 4.79 Å². The van der Waals surface area contributed by atoms with Crippen LogP contribution in [0.5, 0.6) is 0 Å². The SMILES string of the molecule is O=C(NCCc1ccccc1)C1CCCN1c1nc(Cc2ccc(Cl)cc2)ns1. The number of carbonyl (C=O) groups is 1. The number of aromatic nitrogens is 2. The van der Waals surface area contributed by atoms with Crippen LogP contribution in [-0.4, -0.2) is 34.4 Å². The van der Waals surface area contributed by atoms with E-state index < -0.39 is 0 Å². The van der Waals surface area contributed by atoms with Crippen molar-refractivity contribution in [2.24, 2.45) is 0 Å². The third-order valence-corrected chi connectivity index (χ3v) is 6.13. The average molecular weight is 427 g/mol. The first-order chi connectivity index (χ1) is 14.2. The molecule has 4 rings (SSSR count). The van der Waals surface area contributed by atoms with Gasteiger partial charge in [-0.25, -0.2) is 4.98 Å². The fourth-order valence-electron chi connectivity index (χ4n) is 3.58. The molecule has 3 aromatic rings. The summed E-state index contributed by atoms with van der Waals surface area (Å²) >= 11 is 7.32. The molecule has 1 saturated heterocycles. The minimum Gasteiger partial charge on any atom is -0.354 e. The van der Waals surface area contributed by atoms with Gasteiger partial charge in [0.2, 0.25) is 11.0 Å². The van der Waals surface area contributed by atoms with Crippen LogP contribution in [0.4, 0.5) is 5.13 Å². The Hall–Kier alpha value is -2.44. The van der Waals surface area contributed by atoms with Gasteiger partial charge in [0, 0.05) is 36.1 Å². The van der Waals surface area contributed by atoms with Gasteiger partial charge in [-0.05, 0) is 42.5 Å². The van der Waals surface area contributed by atoms with Crippen LogP contribution in [0.2, 0.25) is 5.02 Å². The van der Waals surface area contributed by atoms with Gasteiger partial charge in [-0.15, -0.1) is 0 Å². The van der Waals surface area contributed by atoms with Gasteiger partial charge in [0.15, 0.2) is 0 Å². The highest BCUT2D eigenvalue weighted by Gasteiger charge is 2.32. The van der Waals surface area contributed by atoms with E-state index in [1.54, 1.807) is 0 Å². The summed E-state index contributed by atoms with van der Waals surface area (Å²) in [5.41, 5.74) is 2.35. The molecule has 0 spiro atoms. The Labute approximate surface area is 179 Å². The molecule has 7 heteroatoms. The Morgan fingerprint density at radius 2 is 1.93 bits per heavy atom. The lowest BCUT2D eigenvalue weighted by Gasteiger charge is -2.22. The van der Waals surface area contributed by atoms with Gasteiger partial charge in [0.1, 0.15) is 11.9 Å². The molecular formula is C22H23ClN4OS. The second kappa shape index (κ2) is 9.37. The molecule has 1 aromatic heterocycles. The molecule has 29 heavy (non-hydrogen) atoms. The van der Waals surface area contributed by atoms with Crippen LogP contribution in [0.1, 0.15) is 29.8 Å². The topological polar surface area (TPSA) is 58.1 Å². The zero-order chi connectivity index (χ0) is 20.1. The summed E-state index contributed by atoms with van der Waals surface area (Å²) < 4.78 is 4.50. The van der Waals surface area contributed by atoms with Crippen molar-refractivity contribution in [2.45, 2.75) is 31.7 Å². The van der Waals surface area contributed by atoms with E-state index in [2.05, 4.69) is 26.7 Å². The molecule has 1 fully saturated rings. The summed E-state index contributed by atoms with van der Waals surface area (Å²) in [6, 6.07) is 17.8. The monoisotopic (exact) mass is 426 g/mol. The molecule has 150 valence electrons. The lowest BCUT2D eigenvalue weighted by atomic mass is 10.1. The molecule has 1 aliphatic rings. The molecule has 2 heterocycles. The van der Waals surface area contributed by atoms with E-state index >= 15 is 0 Å². The lowest BCUT2D eigenvalue weighted by molar-refractivity contribution is -0.122. The quantitative estimate of drug-likeness (QED) is 0.617. The molecule has 1 unspecified atom stereocenters. The highest BCUT2D eigenvalue weighted by Crippen LogP contribution is 2.28. The summed E-state index contributed by atoms with van der Waals surface area (Å²) in [6.07, 6.45) is 3.34. The van der Waals surface area contributed by atoms with E-state index in [4.69, 9.17) is 16.6 Å². The Balaban J connectivity index is 1.34. The molecule has 0 aliphatic carbocycles. The molecule has 0 saturated carbocycles. The molecule has 5 nitrogen and oxygen atoms in total. The summed E-state index contributed by atoms with van der Waals surface area (Å²) in [5, 5.41) is 4.64. The number of hydrogen-bond donors (Lipinski definition) is 1. The van der Waals surface area contributed by atoms with Crippen molar-refractivity contribution in [1.29, 1.82) is 0 Å². The summed E-state index contributed by atoms with van der Waals surface area (Å²) in [5.74, 6) is 0.857. The van der Waals surface area contributed by atoms with E-state index in [-0.39, 0.29) is 11.9 Å². The molecule has 2 aromatic carbocycles. The number of hydrogen-bond acceptors (Lipinski definition) is 5. The van der Waals surface area contributed by atoms with Crippen LogP contribution in [0.15, 0.2) is 54.6 Å². The Kier molecular flexibility index (Phi) is 6.42. The van der Waals surface area contributed by atoms with Crippen LogP contribution in [0.3, 0.4) is 0 Å². The molecular weight excluding hydrogens is 404 g/mol. The standard InChI is InChI=1S/C22H23ClN4OS/c23-18-10-8-17(9-11-18)15-20-25-22(29-26-20)27-14-4-7-19(27)21(28)24-13-12-16-5-2-1-3-6-16/h1-3,5-6,8-11,19H,4,7,12-15H2,(H,24,28). The molecule has 1 aliphatic heterocycles. The zero-order valence-electron chi connectivity index (χ0n) is 16.1. The Morgan fingerprint density at radius 1 is 1.14 bits per heavy atom. The Bertz CT molecular complexity index is 945. The van der Waals surface area contributed by atoms with E-state index in [1.165, 1.54) is 17.1 Å². The largest absolute Gasteiger partial charge is 0.354 e. The number of nitrogens with one attached hydrogen (secondary N) is 1. The van der Waals surface area contributed by atoms with Gasteiger partial charge >= 0.3 is 0 Å². The van der Waals surface area contributed by atoms with E-state index in [1.807, 2.05) is 42.5 Å². The number of carbonyl (C=O) groups excluding carboxylic acids is 1. The summed E-state index contributed by atoms with van der Waals surface area (Å²) in [4.78, 5) is 19.5. The maximum atomic E-state index is 12.7. The average Bonchev–Trinajstić information content (AvgIpc) is 3.40. The smallest absolute Gasteiger partial charge is 0.242 e. The van der Waals surface area contributed by atoms with Crippen LogP contribution in [-0.2, 0) is 17.6 Å². The number of benzene rings is 2. The lowest BCUT2D eigenvalue weighted by Crippen LogP contribution is -2.44. The molecule has 1 atom stereocenters. The normalized spacial score (nSPS) is 16.2. The highest BCUT2D eigenvalue weighted by atomic mass is 35.5. The fourth-order valence-corrected chi connectivity index (χ4v) is 4.47. The predicted octanol–water partition coefficient (Wildman–Crippen LogP) is 4.11. The maximum absolute atomic E-state index is 12.7. The minimum absolute atomic E-state index is 0.0767. The molecule has 0 bridgehead atoms. The third-order valence-electron chi connectivity index (χ3n) is 5.09. The maximum Gasteiger partial charge on any atom is 0.242 e. The number of amides is 1. The molecule has 1 N–H and O–H groups in total. The first-order valence-corrected chi connectivity index (χ1v) is 11.0.